The molecule has 0 fully saturated rings. The molecule has 1 atom stereocenters. The molecule has 1 N–H and O–H groups in total. The fourth-order valence-electron chi connectivity index (χ4n) is 0.614. The normalized spacial score (nSPS) is 11.9. The van der Waals surface area contributed by atoms with Crippen LogP contribution in [0.25, 0.3) is 0 Å². The van der Waals surface area contributed by atoms with Gasteiger partial charge in [-0.05, 0) is 10.5 Å². The lowest BCUT2D eigenvalue weighted by Crippen LogP contribution is -1.80. The van der Waals surface area contributed by atoms with Crippen LogP contribution in [0.3, 0.4) is 0 Å². The predicted octanol–water partition coefficient (Wildman–Crippen LogP) is 1.21. The van der Waals surface area contributed by atoms with Gasteiger partial charge in [-0.2, -0.15) is 0 Å². The molecule has 3 heteroatoms. The van der Waals surface area contributed by atoms with E-state index < -0.39 is 0 Å². The molecule has 0 aliphatic heterocycles. The minimum absolute atomic E-state index is 0.241. The predicted molar refractivity (Wildman–Crippen MR) is 38.4 cm³/mol. The maximum Gasteiger partial charge on any atom is 0.229 e. The van der Waals surface area contributed by atoms with Crippen molar-refractivity contribution in [3.63, 3.8) is 0 Å². The summed E-state index contributed by atoms with van der Waals surface area (Å²) in [7, 11) is 0.241. The molecule has 0 radical (unpaired) electrons. The molecule has 0 bridgehead atoms. The second kappa shape index (κ2) is 3.58. The summed E-state index contributed by atoms with van der Waals surface area (Å²) in [6.07, 6.45) is 2.71. The first-order valence-corrected chi connectivity index (χ1v) is 4.45. The molecule has 1 heterocycles. The lowest BCUT2D eigenvalue weighted by Gasteiger charge is -1.82. The van der Waals surface area contributed by atoms with E-state index in [9.17, 15) is 0 Å². The average molecular weight is 144 g/mol. The van der Waals surface area contributed by atoms with Crippen molar-refractivity contribution in [3.05, 3.63) is 17.1 Å². The largest absolute Gasteiger partial charge is 0.396 e. The van der Waals surface area contributed by atoms with Gasteiger partial charge in [-0.15, -0.1) is 0 Å². The van der Waals surface area contributed by atoms with Crippen molar-refractivity contribution in [3.8, 4) is 0 Å². The van der Waals surface area contributed by atoms with Gasteiger partial charge >= 0.3 is 0 Å². The summed E-state index contributed by atoms with van der Waals surface area (Å²) in [6, 6.07) is 0. The summed E-state index contributed by atoms with van der Waals surface area (Å²) in [6.45, 7) is 0.297. The van der Waals surface area contributed by atoms with Crippen LogP contribution in [0.5, 0.6) is 0 Å². The van der Waals surface area contributed by atoms with Crippen LogP contribution in [0.1, 0.15) is 6.42 Å². The van der Waals surface area contributed by atoms with Crippen LogP contribution < -0.4 is 0 Å². The van der Waals surface area contributed by atoms with E-state index in [4.69, 9.17) is 5.11 Å². The Balaban J connectivity index is 2.30. The highest BCUT2D eigenvalue weighted by molar-refractivity contribution is 7.27. The van der Waals surface area contributed by atoms with E-state index in [-0.39, 0.29) is 10.5 Å². The molecule has 0 aromatic carbocycles. The van der Waals surface area contributed by atoms with Gasteiger partial charge in [-0.1, -0.05) is 0 Å². The van der Waals surface area contributed by atoms with Crippen molar-refractivity contribution in [1.82, 2.24) is 4.98 Å². The van der Waals surface area contributed by atoms with Crippen molar-refractivity contribution in [2.24, 2.45) is 0 Å². The van der Waals surface area contributed by atoms with Gasteiger partial charge in [0.25, 0.3) is 0 Å². The number of aryl methyl sites for hydroxylation is 1. The number of nitrogens with zero attached hydrogens (tertiary/aromatic N) is 1. The lowest BCUT2D eigenvalue weighted by atomic mass is 10.5. The van der Waals surface area contributed by atoms with Gasteiger partial charge in [0.15, 0.2) is 5.38 Å². The number of aromatic nitrogens is 1. The molecule has 50 valence electrons. The molecule has 2 nitrogen and oxygen atoms in total. The summed E-state index contributed by atoms with van der Waals surface area (Å²) >= 11 is 0. The minimum atomic E-state index is 0.241. The Morgan fingerprint density at radius 3 is 3.00 bits per heavy atom. The van der Waals surface area contributed by atoms with Gasteiger partial charge in [0.05, 0.1) is 6.20 Å². The SMILES string of the molecule is OCCC[s+]1ccnc1. The third-order valence-electron chi connectivity index (χ3n) is 1.06. The summed E-state index contributed by atoms with van der Waals surface area (Å²) < 4.78 is 0. The average Bonchev–Trinajstić information content (AvgIpc) is 2.34. The van der Waals surface area contributed by atoms with Gasteiger partial charge in [-0.25, -0.2) is 4.98 Å². The fourth-order valence-corrected chi connectivity index (χ4v) is 1.84. The molecule has 1 aromatic rings. The highest BCUT2D eigenvalue weighted by Gasteiger charge is 1.99. The van der Waals surface area contributed by atoms with Crippen molar-refractivity contribution < 1.29 is 5.11 Å². The maximum absolute atomic E-state index is 8.46. The van der Waals surface area contributed by atoms with E-state index >= 15 is 0 Å². The first-order chi connectivity index (χ1) is 4.43. The molecule has 0 amide bonds. The summed E-state index contributed by atoms with van der Waals surface area (Å²) in [4.78, 5) is 3.94. The van der Waals surface area contributed by atoms with Gasteiger partial charge in [0.1, 0.15) is 5.75 Å². The first kappa shape index (κ1) is 6.71. The number of hydrogen-bond acceptors (Lipinski definition) is 2. The smallest absolute Gasteiger partial charge is 0.229 e. The number of hydrogen-bond donors (Lipinski definition) is 1. The topological polar surface area (TPSA) is 33.1 Å². The Morgan fingerprint density at radius 1 is 1.56 bits per heavy atom. The third-order valence-corrected chi connectivity index (χ3v) is 2.68. The van der Waals surface area contributed by atoms with Crippen LogP contribution in [0.4, 0.5) is 0 Å². The molecule has 1 unspecified atom stereocenters. The number of aliphatic hydroxyl groups is 1. The number of aliphatic hydroxyl groups excluding tert-OH is 1. The van der Waals surface area contributed by atoms with Crippen LogP contribution in [0.15, 0.2) is 17.1 Å². The summed E-state index contributed by atoms with van der Waals surface area (Å²) in [5.74, 6) is 1.05. The second-order valence-corrected chi connectivity index (χ2v) is 3.62. The quantitative estimate of drug-likeness (QED) is 0.647. The molecule has 0 saturated carbocycles. The summed E-state index contributed by atoms with van der Waals surface area (Å²) in [5, 5.41) is 10.5. The minimum Gasteiger partial charge on any atom is -0.396 e. The van der Waals surface area contributed by atoms with Crippen LogP contribution in [-0.2, 0) is 5.75 Å². The van der Waals surface area contributed by atoms with Crippen LogP contribution in [-0.4, -0.2) is 16.7 Å². The lowest BCUT2D eigenvalue weighted by molar-refractivity contribution is 0.292. The molecule has 0 aliphatic carbocycles. The van der Waals surface area contributed by atoms with E-state index in [0.717, 1.165) is 12.2 Å². The van der Waals surface area contributed by atoms with Crippen molar-refractivity contribution in [2.45, 2.75) is 12.2 Å². The van der Waals surface area contributed by atoms with Crippen LogP contribution in [0.2, 0.25) is 0 Å². The Kier molecular flexibility index (Phi) is 2.67. The number of thiazole rings is 1. The van der Waals surface area contributed by atoms with Crippen LogP contribution >= 0.6 is 10.5 Å². The Hall–Kier alpha value is -0.410. The zero-order valence-corrected chi connectivity index (χ0v) is 5.97. The standard InChI is InChI=1S/C6H10NOS/c8-3-1-4-9-5-2-7-6-9/h2,5-6,8H,1,3-4H2/q+1. The zero-order chi connectivity index (χ0) is 6.53. The maximum atomic E-state index is 8.46. The van der Waals surface area contributed by atoms with Crippen LogP contribution in [0, 0.1) is 0 Å². The monoisotopic (exact) mass is 144 g/mol. The van der Waals surface area contributed by atoms with Gasteiger partial charge in [0.2, 0.25) is 5.51 Å². The molecule has 1 aromatic heterocycles. The highest BCUT2D eigenvalue weighted by Crippen LogP contribution is 2.16. The van der Waals surface area contributed by atoms with E-state index in [0.29, 0.717) is 6.61 Å². The molecular weight excluding hydrogens is 134 g/mol. The van der Waals surface area contributed by atoms with Crippen molar-refractivity contribution >= 4 is 10.5 Å². The molecule has 0 saturated heterocycles. The van der Waals surface area contributed by atoms with Crippen molar-refractivity contribution in [2.75, 3.05) is 6.61 Å². The van der Waals surface area contributed by atoms with Gasteiger partial charge in [0, 0.05) is 13.0 Å². The highest BCUT2D eigenvalue weighted by atomic mass is 32.2. The third kappa shape index (κ3) is 2.11. The Morgan fingerprint density at radius 2 is 2.44 bits per heavy atom. The molecule has 0 aliphatic rings. The van der Waals surface area contributed by atoms with E-state index in [1.54, 1.807) is 0 Å². The zero-order valence-electron chi connectivity index (χ0n) is 5.16. The molecule has 9 heavy (non-hydrogen) atoms. The van der Waals surface area contributed by atoms with E-state index in [2.05, 4.69) is 10.4 Å². The fraction of sp³-hybridized carbons (Fsp3) is 0.500. The summed E-state index contributed by atoms with van der Waals surface area (Å²) in [5.41, 5.74) is 1.94. The molecule has 1 rings (SSSR count). The van der Waals surface area contributed by atoms with Gasteiger partial charge < -0.3 is 5.11 Å². The van der Waals surface area contributed by atoms with E-state index in [1.165, 1.54) is 0 Å². The van der Waals surface area contributed by atoms with E-state index in [1.807, 2.05) is 11.7 Å². The Bertz CT molecular complexity index is 150. The first-order valence-electron chi connectivity index (χ1n) is 2.93. The molecule has 0 spiro atoms. The second-order valence-electron chi connectivity index (χ2n) is 1.79. The number of rotatable bonds is 3. The Labute approximate surface area is 57.1 Å². The van der Waals surface area contributed by atoms with Gasteiger partial charge in [-0.3, -0.25) is 0 Å². The van der Waals surface area contributed by atoms with Crippen molar-refractivity contribution in [1.29, 1.82) is 0 Å². The molecular formula is C6H10NOS+.